The predicted octanol–water partition coefficient (Wildman–Crippen LogP) is 3.86. The van der Waals surface area contributed by atoms with Crippen molar-refractivity contribution in [3.8, 4) is 11.5 Å². The lowest BCUT2D eigenvalue weighted by Gasteiger charge is -2.23. The summed E-state index contributed by atoms with van der Waals surface area (Å²) >= 11 is 12.9. The smallest absolute Gasteiger partial charge is 0.253 e. The molecule has 152 valence electrons. The SMILES string of the molecule is COc1cc(NC(=O)C2CCCN2S(=O)(=O)c2ccc(Cl)s2)c(OC)cc1Cl. The largest absolute Gasteiger partial charge is 0.495 e. The quantitative estimate of drug-likeness (QED) is 0.701. The van der Waals surface area contributed by atoms with E-state index in [0.717, 1.165) is 11.3 Å². The molecule has 0 spiro atoms. The van der Waals surface area contributed by atoms with E-state index in [2.05, 4.69) is 5.32 Å². The molecule has 0 radical (unpaired) electrons. The molecule has 1 atom stereocenters. The summed E-state index contributed by atoms with van der Waals surface area (Å²) in [6.45, 7) is 0.261. The first kappa shape index (κ1) is 21.2. The van der Waals surface area contributed by atoms with Crippen LogP contribution in [0.5, 0.6) is 11.5 Å². The van der Waals surface area contributed by atoms with Crippen LogP contribution in [0.4, 0.5) is 5.69 Å². The molecule has 1 amide bonds. The minimum Gasteiger partial charge on any atom is -0.495 e. The van der Waals surface area contributed by atoms with Gasteiger partial charge in [0.15, 0.2) is 0 Å². The number of sulfonamides is 1. The van der Waals surface area contributed by atoms with Gasteiger partial charge in [0.1, 0.15) is 21.8 Å². The van der Waals surface area contributed by atoms with Gasteiger partial charge in [-0.1, -0.05) is 23.2 Å². The summed E-state index contributed by atoms with van der Waals surface area (Å²) in [7, 11) is -0.910. The minimum atomic E-state index is -3.81. The number of amides is 1. The van der Waals surface area contributed by atoms with Gasteiger partial charge >= 0.3 is 0 Å². The Morgan fingerprint density at radius 2 is 1.93 bits per heavy atom. The monoisotopic (exact) mass is 464 g/mol. The van der Waals surface area contributed by atoms with Gasteiger partial charge in [-0.3, -0.25) is 4.79 Å². The van der Waals surface area contributed by atoms with E-state index < -0.39 is 22.0 Å². The highest BCUT2D eigenvalue weighted by Crippen LogP contribution is 2.37. The van der Waals surface area contributed by atoms with Gasteiger partial charge in [-0.25, -0.2) is 8.42 Å². The van der Waals surface area contributed by atoms with Gasteiger partial charge in [0.25, 0.3) is 10.0 Å². The van der Waals surface area contributed by atoms with Crippen molar-refractivity contribution in [3.63, 3.8) is 0 Å². The lowest BCUT2D eigenvalue weighted by atomic mass is 10.2. The van der Waals surface area contributed by atoms with Crippen molar-refractivity contribution in [1.82, 2.24) is 4.31 Å². The van der Waals surface area contributed by atoms with Gasteiger partial charge in [0, 0.05) is 18.7 Å². The van der Waals surface area contributed by atoms with Crippen molar-refractivity contribution in [2.24, 2.45) is 0 Å². The standard InChI is InChI=1S/C17H18Cl2N2O5S2/c1-25-13-9-11(14(26-2)8-10(13)18)20-17(22)12-4-3-7-21(12)28(23,24)16-6-5-15(19)27-16/h5-6,8-9,12H,3-4,7H2,1-2H3,(H,20,22). The number of rotatable bonds is 6. The third-order valence-corrected chi connectivity index (χ3v) is 8.25. The van der Waals surface area contributed by atoms with Crippen molar-refractivity contribution < 1.29 is 22.7 Å². The summed E-state index contributed by atoms with van der Waals surface area (Å²) in [4.78, 5) is 12.9. The topological polar surface area (TPSA) is 84.9 Å². The van der Waals surface area contributed by atoms with Crippen LogP contribution in [0.1, 0.15) is 12.8 Å². The summed E-state index contributed by atoms with van der Waals surface area (Å²) in [5, 5.41) is 3.06. The number of carbonyl (C=O) groups is 1. The number of benzene rings is 1. The van der Waals surface area contributed by atoms with E-state index >= 15 is 0 Å². The number of halogens is 2. The average Bonchev–Trinajstić information content (AvgIpc) is 3.32. The molecule has 1 aromatic heterocycles. The molecular formula is C17H18Cl2N2O5S2. The van der Waals surface area contributed by atoms with Gasteiger partial charge in [-0.2, -0.15) is 4.31 Å². The molecule has 1 saturated heterocycles. The molecule has 0 saturated carbocycles. The van der Waals surface area contributed by atoms with Crippen LogP contribution < -0.4 is 14.8 Å². The van der Waals surface area contributed by atoms with E-state index in [-0.39, 0.29) is 10.8 Å². The van der Waals surface area contributed by atoms with Gasteiger partial charge in [0.2, 0.25) is 5.91 Å². The van der Waals surface area contributed by atoms with E-state index in [1.54, 1.807) is 0 Å². The average molecular weight is 465 g/mol. The van der Waals surface area contributed by atoms with Gasteiger partial charge in [-0.05, 0) is 25.0 Å². The second-order valence-electron chi connectivity index (χ2n) is 6.01. The minimum absolute atomic E-state index is 0.114. The van der Waals surface area contributed by atoms with E-state index in [4.69, 9.17) is 32.7 Å². The molecule has 1 aromatic carbocycles. The van der Waals surface area contributed by atoms with Crippen LogP contribution in [0, 0.1) is 0 Å². The number of nitrogens with zero attached hydrogens (tertiary/aromatic N) is 1. The molecule has 28 heavy (non-hydrogen) atoms. The zero-order valence-corrected chi connectivity index (χ0v) is 18.2. The van der Waals surface area contributed by atoms with E-state index in [1.165, 1.54) is 42.8 Å². The molecule has 1 fully saturated rings. The highest BCUT2D eigenvalue weighted by atomic mass is 35.5. The highest BCUT2D eigenvalue weighted by molar-refractivity contribution is 7.91. The maximum absolute atomic E-state index is 12.9. The Morgan fingerprint density at radius 3 is 2.54 bits per heavy atom. The van der Waals surface area contributed by atoms with Crippen LogP contribution in [0.3, 0.4) is 0 Å². The van der Waals surface area contributed by atoms with Crippen LogP contribution in [-0.2, 0) is 14.8 Å². The Labute approximate surface area is 177 Å². The Hall–Kier alpha value is -1.52. The van der Waals surface area contributed by atoms with E-state index in [1.807, 2.05) is 0 Å². The second kappa shape index (κ2) is 8.46. The fraction of sp³-hybridized carbons (Fsp3) is 0.353. The first-order chi connectivity index (χ1) is 13.3. The molecule has 1 aliphatic rings. The normalized spacial score (nSPS) is 17.5. The number of hydrogen-bond donors (Lipinski definition) is 1. The molecule has 0 bridgehead atoms. The van der Waals surface area contributed by atoms with Crippen molar-refractivity contribution >= 4 is 56.2 Å². The predicted molar refractivity (Wildman–Crippen MR) is 109 cm³/mol. The van der Waals surface area contributed by atoms with Gasteiger partial charge in [0.05, 0.1) is 29.3 Å². The molecule has 2 heterocycles. The molecule has 1 unspecified atom stereocenters. The van der Waals surface area contributed by atoms with Crippen molar-refractivity contribution in [3.05, 3.63) is 33.6 Å². The Bertz CT molecular complexity index is 993. The second-order valence-corrected chi connectivity index (χ2v) is 10.2. The molecule has 1 aliphatic heterocycles. The molecule has 2 aromatic rings. The van der Waals surface area contributed by atoms with Crippen molar-refractivity contribution in [2.45, 2.75) is 23.1 Å². The zero-order valence-electron chi connectivity index (χ0n) is 15.1. The fourth-order valence-electron chi connectivity index (χ4n) is 3.02. The zero-order chi connectivity index (χ0) is 20.5. The van der Waals surface area contributed by atoms with Gasteiger partial charge < -0.3 is 14.8 Å². The number of ether oxygens (including phenoxy) is 2. The third kappa shape index (κ3) is 4.08. The Kier molecular flexibility index (Phi) is 6.41. The number of hydrogen-bond acceptors (Lipinski definition) is 6. The number of anilines is 1. The lowest BCUT2D eigenvalue weighted by molar-refractivity contribution is -0.119. The maximum Gasteiger partial charge on any atom is 0.253 e. The molecule has 7 nitrogen and oxygen atoms in total. The first-order valence-electron chi connectivity index (χ1n) is 8.27. The third-order valence-electron chi connectivity index (χ3n) is 4.35. The van der Waals surface area contributed by atoms with Gasteiger partial charge in [-0.15, -0.1) is 11.3 Å². The molecule has 0 aliphatic carbocycles. The summed E-state index contributed by atoms with van der Waals surface area (Å²) in [6, 6.07) is 5.19. The van der Waals surface area contributed by atoms with Crippen molar-refractivity contribution in [1.29, 1.82) is 0 Å². The van der Waals surface area contributed by atoms with Crippen LogP contribution in [0.2, 0.25) is 9.36 Å². The number of carbonyl (C=O) groups excluding carboxylic acids is 1. The van der Waals surface area contributed by atoms with E-state index in [9.17, 15) is 13.2 Å². The molecule has 11 heteroatoms. The highest BCUT2D eigenvalue weighted by Gasteiger charge is 2.40. The van der Waals surface area contributed by atoms with Crippen LogP contribution in [0.25, 0.3) is 0 Å². The summed E-state index contributed by atoms with van der Waals surface area (Å²) < 4.78 is 38.0. The number of nitrogens with one attached hydrogen (secondary N) is 1. The number of methoxy groups -OCH3 is 2. The van der Waals surface area contributed by atoms with Crippen LogP contribution in [-0.4, -0.2) is 45.4 Å². The van der Waals surface area contributed by atoms with Crippen LogP contribution >= 0.6 is 34.5 Å². The first-order valence-corrected chi connectivity index (χ1v) is 11.3. The molecule has 3 rings (SSSR count). The summed E-state index contributed by atoms with van der Waals surface area (Å²) in [5.74, 6) is 0.255. The molecule has 1 N–H and O–H groups in total. The van der Waals surface area contributed by atoms with Crippen LogP contribution in [0.15, 0.2) is 28.5 Å². The Balaban J connectivity index is 1.86. The van der Waals surface area contributed by atoms with Crippen molar-refractivity contribution in [2.75, 3.05) is 26.1 Å². The summed E-state index contributed by atoms with van der Waals surface area (Å²) in [6.07, 6.45) is 0.995. The lowest BCUT2D eigenvalue weighted by Crippen LogP contribution is -2.42. The van der Waals surface area contributed by atoms with E-state index in [0.29, 0.717) is 39.4 Å². The summed E-state index contributed by atoms with van der Waals surface area (Å²) in [5.41, 5.74) is 0.345. The number of thiophene rings is 1. The maximum atomic E-state index is 12.9. The Morgan fingerprint density at radius 1 is 1.21 bits per heavy atom. The fourth-order valence-corrected chi connectivity index (χ4v) is 6.52. The molecular weight excluding hydrogens is 447 g/mol.